The highest BCUT2D eigenvalue weighted by atomic mass is 79.9. The van der Waals surface area contributed by atoms with Crippen LogP contribution in [-0.4, -0.2) is 0 Å². The summed E-state index contributed by atoms with van der Waals surface area (Å²) in [6.45, 7) is 6.54. The van der Waals surface area contributed by atoms with Gasteiger partial charge in [-0.05, 0) is 46.4 Å². The summed E-state index contributed by atoms with van der Waals surface area (Å²) in [6, 6.07) is 11.1. The molecule has 0 fully saturated rings. The molecule has 100 valence electrons. The first-order chi connectivity index (χ1) is 8.79. The molecule has 0 aliphatic heterocycles. The molecule has 0 aliphatic carbocycles. The van der Waals surface area contributed by atoms with E-state index >= 15 is 0 Å². The Morgan fingerprint density at radius 1 is 0.842 bits per heavy atom. The summed E-state index contributed by atoms with van der Waals surface area (Å²) >= 11 is 7.00. The Morgan fingerprint density at radius 3 is 2.11 bits per heavy atom. The Balaban J connectivity index is 2.61. The molecule has 0 radical (unpaired) electrons. The minimum absolute atomic E-state index is 0.0853. The molecule has 0 saturated heterocycles. The molecule has 0 aliphatic rings. The van der Waals surface area contributed by atoms with Crippen molar-refractivity contribution >= 4 is 31.9 Å². The lowest BCUT2D eigenvalue weighted by molar-refractivity contribution is 0.590. The fourth-order valence-corrected chi connectivity index (χ4v) is 2.93. The molecule has 0 saturated carbocycles. The quantitative estimate of drug-likeness (QED) is 0.539. The van der Waals surface area contributed by atoms with E-state index in [4.69, 9.17) is 0 Å². The van der Waals surface area contributed by atoms with Gasteiger partial charge in [0.25, 0.3) is 0 Å². The van der Waals surface area contributed by atoms with Crippen LogP contribution < -0.4 is 0 Å². The van der Waals surface area contributed by atoms with Crippen LogP contribution in [0.5, 0.6) is 0 Å². The first-order valence-corrected chi connectivity index (χ1v) is 7.63. The van der Waals surface area contributed by atoms with Gasteiger partial charge >= 0.3 is 0 Å². The lowest BCUT2D eigenvalue weighted by Crippen LogP contribution is -2.10. The first-order valence-electron chi connectivity index (χ1n) is 6.04. The Kier molecular flexibility index (Phi) is 4.17. The summed E-state index contributed by atoms with van der Waals surface area (Å²) in [5.41, 5.74) is 3.39. The summed E-state index contributed by atoms with van der Waals surface area (Å²) in [5, 5.41) is 0. The van der Waals surface area contributed by atoms with E-state index in [1.54, 1.807) is 6.07 Å². The molecular weight excluding hydrogens is 371 g/mol. The Hall–Kier alpha value is -0.670. The van der Waals surface area contributed by atoms with Gasteiger partial charge in [0.05, 0.1) is 0 Å². The Bertz CT molecular complexity index is 613. The van der Waals surface area contributed by atoms with Crippen LogP contribution in [0.4, 0.5) is 4.39 Å². The van der Waals surface area contributed by atoms with Gasteiger partial charge in [-0.2, -0.15) is 0 Å². The molecule has 19 heavy (non-hydrogen) atoms. The molecule has 2 aromatic rings. The zero-order chi connectivity index (χ0) is 14.2. The van der Waals surface area contributed by atoms with E-state index in [9.17, 15) is 4.39 Å². The van der Waals surface area contributed by atoms with E-state index in [1.165, 1.54) is 17.7 Å². The van der Waals surface area contributed by atoms with Crippen molar-refractivity contribution in [3.8, 4) is 11.1 Å². The van der Waals surface area contributed by atoms with Gasteiger partial charge in [-0.3, -0.25) is 0 Å². The van der Waals surface area contributed by atoms with E-state index < -0.39 is 0 Å². The predicted molar refractivity (Wildman–Crippen MR) is 85.9 cm³/mol. The molecule has 0 aromatic heterocycles. The van der Waals surface area contributed by atoms with Gasteiger partial charge in [-0.25, -0.2) is 4.39 Å². The number of halogens is 3. The van der Waals surface area contributed by atoms with Crippen LogP contribution >= 0.6 is 31.9 Å². The van der Waals surface area contributed by atoms with E-state index in [2.05, 4.69) is 64.8 Å². The van der Waals surface area contributed by atoms with Crippen LogP contribution in [0.2, 0.25) is 0 Å². The van der Waals surface area contributed by atoms with Crippen molar-refractivity contribution in [1.82, 2.24) is 0 Å². The third-order valence-corrected chi connectivity index (χ3v) is 4.40. The monoisotopic (exact) mass is 384 g/mol. The topological polar surface area (TPSA) is 0 Å². The fraction of sp³-hybridized carbons (Fsp3) is 0.250. The summed E-state index contributed by atoms with van der Waals surface area (Å²) in [6.07, 6.45) is 0. The molecule has 0 unspecified atom stereocenters. The number of rotatable bonds is 1. The summed E-state index contributed by atoms with van der Waals surface area (Å²) in [7, 11) is 0. The van der Waals surface area contributed by atoms with Crippen LogP contribution in [0, 0.1) is 5.82 Å². The van der Waals surface area contributed by atoms with Gasteiger partial charge < -0.3 is 0 Å². The Labute approximate surface area is 130 Å². The summed E-state index contributed by atoms with van der Waals surface area (Å²) < 4.78 is 15.0. The molecule has 2 aromatic carbocycles. The third-order valence-electron chi connectivity index (χ3n) is 3.05. The maximum Gasteiger partial charge on any atom is 0.124 e. The van der Waals surface area contributed by atoms with E-state index in [1.807, 2.05) is 6.07 Å². The molecule has 0 nitrogen and oxygen atoms in total. The number of benzene rings is 2. The molecule has 0 N–H and O–H groups in total. The summed E-state index contributed by atoms with van der Waals surface area (Å²) in [4.78, 5) is 0. The van der Waals surface area contributed by atoms with Crippen molar-refractivity contribution in [3.63, 3.8) is 0 Å². The molecule has 0 spiro atoms. The van der Waals surface area contributed by atoms with Crippen molar-refractivity contribution < 1.29 is 4.39 Å². The zero-order valence-electron chi connectivity index (χ0n) is 11.1. The lowest BCUT2D eigenvalue weighted by atomic mass is 9.85. The average Bonchev–Trinajstić information content (AvgIpc) is 2.29. The molecule has 2 rings (SSSR count). The minimum atomic E-state index is -0.237. The van der Waals surface area contributed by atoms with Crippen molar-refractivity contribution in [2.45, 2.75) is 26.2 Å². The maximum atomic E-state index is 13.2. The van der Waals surface area contributed by atoms with Gasteiger partial charge in [0.1, 0.15) is 5.82 Å². The minimum Gasteiger partial charge on any atom is -0.207 e. The maximum absolute atomic E-state index is 13.2. The molecule has 3 heteroatoms. The van der Waals surface area contributed by atoms with Gasteiger partial charge in [0.2, 0.25) is 0 Å². The van der Waals surface area contributed by atoms with Crippen molar-refractivity contribution in [2.24, 2.45) is 0 Å². The molecule has 0 atom stereocenters. The molecule has 0 amide bonds. The second-order valence-electron chi connectivity index (χ2n) is 5.57. The number of hydrogen-bond donors (Lipinski definition) is 0. The van der Waals surface area contributed by atoms with Crippen LogP contribution in [-0.2, 0) is 5.41 Å². The molecular formula is C16H15Br2F. The highest BCUT2D eigenvalue weighted by molar-refractivity contribution is 9.11. The van der Waals surface area contributed by atoms with Crippen LogP contribution in [0.1, 0.15) is 26.3 Å². The van der Waals surface area contributed by atoms with Crippen molar-refractivity contribution in [2.75, 3.05) is 0 Å². The third kappa shape index (κ3) is 3.26. The highest BCUT2D eigenvalue weighted by Gasteiger charge is 2.16. The normalized spacial score (nSPS) is 11.7. The van der Waals surface area contributed by atoms with Crippen LogP contribution in [0.25, 0.3) is 11.1 Å². The lowest BCUT2D eigenvalue weighted by Gasteiger charge is -2.21. The van der Waals surface area contributed by atoms with Gasteiger partial charge in [0.15, 0.2) is 0 Å². The highest BCUT2D eigenvalue weighted by Crippen LogP contribution is 2.37. The molecule has 0 heterocycles. The summed E-state index contributed by atoms with van der Waals surface area (Å²) in [5.74, 6) is -0.237. The van der Waals surface area contributed by atoms with Gasteiger partial charge in [-0.1, -0.05) is 64.8 Å². The smallest absolute Gasteiger partial charge is 0.124 e. The largest absolute Gasteiger partial charge is 0.207 e. The van der Waals surface area contributed by atoms with Gasteiger partial charge in [-0.15, -0.1) is 0 Å². The van der Waals surface area contributed by atoms with E-state index in [0.717, 1.165) is 20.1 Å². The van der Waals surface area contributed by atoms with Crippen LogP contribution in [0.15, 0.2) is 45.3 Å². The standard InChI is InChI=1S/C16H15Br2F/c1-16(2,3)10-4-7-14(17)13(8-10)12-6-5-11(19)9-15(12)18/h4-9H,1-3H3. The van der Waals surface area contributed by atoms with E-state index in [0.29, 0.717) is 0 Å². The van der Waals surface area contributed by atoms with Crippen molar-refractivity contribution in [3.05, 3.63) is 56.7 Å². The average molecular weight is 386 g/mol. The first kappa shape index (κ1) is 14.7. The predicted octanol–water partition coefficient (Wildman–Crippen LogP) is 6.32. The zero-order valence-corrected chi connectivity index (χ0v) is 14.3. The van der Waals surface area contributed by atoms with E-state index in [-0.39, 0.29) is 11.2 Å². The molecule has 0 bridgehead atoms. The SMILES string of the molecule is CC(C)(C)c1ccc(Br)c(-c2ccc(F)cc2Br)c1. The van der Waals surface area contributed by atoms with Gasteiger partial charge in [0, 0.05) is 8.95 Å². The van der Waals surface area contributed by atoms with Crippen LogP contribution in [0.3, 0.4) is 0 Å². The fourth-order valence-electron chi connectivity index (χ4n) is 1.91. The second kappa shape index (κ2) is 5.37. The second-order valence-corrected chi connectivity index (χ2v) is 7.28. The number of hydrogen-bond acceptors (Lipinski definition) is 0. The Morgan fingerprint density at radius 2 is 1.53 bits per heavy atom. The van der Waals surface area contributed by atoms with Crippen molar-refractivity contribution in [1.29, 1.82) is 0 Å².